The predicted octanol–water partition coefficient (Wildman–Crippen LogP) is 4.60. The van der Waals surface area contributed by atoms with Crippen LogP contribution in [0.5, 0.6) is 0 Å². The van der Waals surface area contributed by atoms with Crippen molar-refractivity contribution in [3.63, 3.8) is 0 Å². The van der Waals surface area contributed by atoms with Crippen LogP contribution < -0.4 is 0 Å². The molecule has 0 fully saturated rings. The minimum atomic E-state index is -0.0334. The van der Waals surface area contributed by atoms with Gasteiger partial charge in [-0.25, -0.2) is 4.98 Å². The predicted molar refractivity (Wildman–Crippen MR) is 103 cm³/mol. The summed E-state index contributed by atoms with van der Waals surface area (Å²) in [7, 11) is 0. The fraction of sp³-hybridized carbons (Fsp3) is 0.0455. The largest absolute Gasteiger partial charge is 0.300 e. The molecule has 4 rings (SSSR count). The van der Waals surface area contributed by atoms with Crippen LogP contribution in [-0.2, 0) is 0 Å². The van der Waals surface area contributed by atoms with Gasteiger partial charge in [0.05, 0.1) is 11.9 Å². The Morgan fingerprint density at radius 2 is 1.69 bits per heavy atom. The van der Waals surface area contributed by atoms with Crippen molar-refractivity contribution in [3.8, 4) is 11.1 Å². The number of aromatic nitrogens is 3. The lowest BCUT2D eigenvalue weighted by molar-refractivity contribution is 0.104. The summed E-state index contributed by atoms with van der Waals surface area (Å²) in [5, 5.41) is 0. The van der Waals surface area contributed by atoms with Gasteiger partial charge in [-0.1, -0.05) is 30.3 Å². The molecule has 3 aromatic heterocycles. The summed E-state index contributed by atoms with van der Waals surface area (Å²) < 4.78 is 1.98. The van der Waals surface area contributed by atoms with Crippen LogP contribution in [0.15, 0.2) is 79.4 Å². The Balaban J connectivity index is 1.56. The van der Waals surface area contributed by atoms with Gasteiger partial charge in [-0.2, -0.15) is 0 Å². The maximum Gasteiger partial charge on any atom is 0.185 e. The van der Waals surface area contributed by atoms with Crippen molar-refractivity contribution < 1.29 is 4.79 Å². The number of hydrogen-bond acceptors (Lipinski definition) is 3. The minimum absolute atomic E-state index is 0.0334. The second kappa shape index (κ2) is 6.76. The first-order valence-corrected chi connectivity index (χ1v) is 8.37. The molecule has 0 amide bonds. The van der Waals surface area contributed by atoms with Gasteiger partial charge in [-0.15, -0.1) is 0 Å². The Hall–Kier alpha value is -3.53. The lowest BCUT2D eigenvalue weighted by Gasteiger charge is -2.02. The molecule has 3 heterocycles. The van der Waals surface area contributed by atoms with E-state index in [1.807, 2.05) is 66.1 Å². The first kappa shape index (κ1) is 16.0. The third-order valence-electron chi connectivity index (χ3n) is 4.27. The van der Waals surface area contributed by atoms with Crippen molar-refractivity contribution in [1.82, 2.24) is 14.4 Å². The van der Waals surface area contributed by atoms with Gasteiger partial charge >= 0.3 is 0 Å². The number of ketones is 1. The molecule has 4 nitrogen and oxygen atoms in total. The van der Waals surface area contributed by atoms with Gasteiger partial charge in [0.1, 0.15) is 5.65 Å². The van der Waals surface area contributed by atoms with Gasteiger partial charge in [-0.05, 0) is 54.0 Å². The number of hydrogen-bond donors (Lipinski definition) is 0. The van der Waals surface area contributed by atoms with E-state index in [0.717, 1.165) is 28.0 Å². The zero-order chi connectivity index (χ0) is 17.9. The molecule has 0 spiro atoms. The number of aryl methyl sites for hydroxylation is 1. The van der Waals surface area contributed by atoms with Crippen LogP contribution in [0.25, 0.3) is 22.9 Å². The lowest BCUT2D eigenvalue weighted by Crippen LogP contribution is -1.94. The highest BCUT2D eigenvalue weighted by Crippen LogP contribution is 2.19. The number of allylic oxidation sites excluding steroid dienone is 1. The number of nitrogens with zero attached hydrogens (tertiary/aromatic N) is 3. The van der Waals surface area contributed by atoms with Crippen molar-refractivity contribution in [2.24, 2.45) is 0 Å². The van der Waals surface area contributed by atoms with E-state index in [4.69, 9.17) is 0 Å². The molecule has 0 unspecified atom stereocenters. The average Bonchev–Trinajstić information content (AvgIpc) is 3.09. The summed E-state index contributed by atoms with van der Waals surface area (Å²) in [6.45, 7) is 2.03. The van der Waals surface area contributed by atoms with Gasteiger partial charge in [0.25, 0.3) is 0 Å². The first-order valence-electron chi connectivity index (χ1n) is 8.37. The highest BCUT2D eigenvalue weighted by atomic mass is 16.1. The topological polar surface area (TPSA) is 47.3 Å². The summed E-state index contributed by atoms with van der Waals surface area (Å²) in [6.07, 6.45) is 10.7. The molecule has 0 aliphatic rings. The van der Waals surface area contributed by atoms with Crippen molar-refractivity contribution in [3.05, 3.63) is 96.2 Å². The van der Waals surface area contributed by atoms with Crippen LogP contribution in [0.2, 0.25) is 0 Å². The molecule has 26 heavy (non-hydrogen) atoms. The normalized spacial score (nSPS) is 11.3. The maximum absolute atomic E-state index is 12.5. The number of carbonyl (C=O) groups is 1. The zero-order valence-corrected chi connectivity index (χ0v) is 14.3. The van der Waals surface area contributed by atoms with Crippen LogP contribution in [0.3, 0.4) is 0 Å². The van der Waals surface area contributed by atoms with Gasteiger partial charge in [0.15, 0.2) is 5.78 Å². The molecular weight excluding hydrogens is 322 g/mol. The monoisotopic (exact) mass is 339 g/mol. The Morgan fingerprint density at radius 1 is 0.962 bits per heavy atom. The fourth-order valence-electron chi connectivity index (χ4n) is 2.86. The third-order valence-corrected chi connectivity index (χ3v) is 4.27. The third kappa shape index (κ3) is 3.17. The summed E-state index contributed by atoms with van der Waals surface area (Å²) in [5.74, 6) is -0.0334. The number of fused-ring (bicyclic) bond motifs is 1. The maximum atomic E-state index is 12.5. The van der Waals surface area contributed by atoms with E-state index in [9.17, 15) is 4.79 Å². The van der Waals surface area contributed by atoms with Gasteiger partial charge in [0.2, 0.25) is 0 Å². The van der Waals surface area contributed by atoms with E-state index < -0.39 is 0 Å². The molecule has 126 valence electrons. The molecule has 0 radical (unpaired) electrons. The van der Waals surface area contributed by atoms with Crippen LogP contribution in [0, 0.1) is 6.92 Å². The van der Waals surface area contributed by atoms with Gasteiger partial charge < -0.3 is 4.40 Å². The van der Waals surface area contributed by atoms with Crippen LogP contribution >= 0.6 is 0 Å². The first-order chi connectivity index (χ1) is 12.7. The Labute approximate surface area is 151 Å². The smallest absolute Gasteiger partial charge is 0.185 e. The Kier molecular flexibility index (Phi) is 4.15. The number of benzene rings is 1. The van der Waals surface area contributed by atoms with E-state index in [1.165, 1.54) is 0 Å². The number of pyridine rings is 2. The fourth-order valence-corrected chi connectivity index (χ4v) is 2.86. The Bertz CT molecular complexity index is 1090. The molecule has 4 heteroatoms. The molecule has 0 aliphatic carbocycles. The summed E-state index contributed by atoms with van der Waals surface area (Å²) >= 11 is 0. The molecule has 0 saturated heterocycles. The van der Waals surface area contributed by atoms with Crippen LogP contribution in [0.4, 0.5) is 0 Å². The molecule has 0 aliphatic heterocycles. The highest BCUT2D eigenvalue weighted by Gasteiger charge is 2.05. The molecule has 1 aromatic carbocycles. The Morgan fingerprint density at radius 3 is 2.46 bits per heavy atom. The number of rotatable bonds is 4. The second-order valence-corrected chi connectivity index (χ2v) is 6.13. The number of carbonyl (C=O) groups excluding carboxylic acids is 1. The van der Waals surface area contributed by atoms with Crippen LogP contribution in [-0.4, -0.2) is 20.2 Å². The summed E-state index contributed by atoms with van der Waals surface area (Å²) in [6, 6.07) is 15.5. The standard InChI is InChI=1S/C22H17N3O/c1-16-2-9-22-24-14-20(25(22)15-16)7-8-21(26)19-5-3-17(4-6-19)18-10-12-23-13-11-18/h2-15H,1H3/b8-7+. The lowest BCUT2D eigenvalue weighted by atomic mass is 10.0. The molecule has 0 bridgehead atoms. The molecule has 0 atom stereocenters. The van der Waals surface area contributed by atoms with E-state index in [1.54, 1.807) is 30.7 Å². The van der Waals surface area contributed by atoms with Gasteiger partial charge in [-0.3, -0.25) is 9.78 Å². The van der Waals surface area contributed by atoms with Crippen molar-refractivity contribution in [1.29, 1.82) is 0 Å². The highest BCUT2D eigenvalue weighted by molar-refractivity contribution is 6.06. The SMILES string of the molecule is Cc1ccc2ncc(/C=C/C(=O)c3ccc(-c4ccncc4)cc3)n2c1. The van der Waals surface area contributed by atoms with E-state index in [2.05, 4.69) is 9.97 Å². The number of imidazole rings is 1. The van der Waals surface area contributed by atoms with E-state index >= 15 is 0 Å². The molecular formula is C22H17N3O. The second-order valence-electron chi connectivity index (χ2n) is 6.13. The van der Waals surface area contributed by atoms with E-state index in [-0.39, 0.29) is 5.78 Å². The molecule has 0 N–H and O–H groups in total. The zero-order valence-electron chi connectivity index (χ0n) is 14.3. The van der Waals surface area contributed by atoms with Crippen molar-refractivity contribution in [2.75, 3.05) is 0 Å². The average molecular weight is 339 g/mol. The van der Waals surface area contributed by atoms with Crippen molar-refractivity contribution in [2.45, 2.75) is 6.92 Å². The molecule has 4 aromatic rings. The summed E-state index contributed by atoms with van der Waals surface area (Å²) in [4.78, 5) is 20.8. The molecule has 0 saturated carbocycles. The van der Waals surface area contributed by atoms with Crippen LogP contribution in [0.1, 0.15) is 21.6 Å². The minimum Gasteiger partial charge on any atom is -0.300 e. The van der Waals surface area contributed by atoms with E-state index in [0.29, 0.717) is 5.56 Å². The quantitative estimate of drug-likeness (QED) is 0.403. The van der Waals surface area contributed by atoms with Crippen molar-refractivity contribution >= 4 is 17.5 Å². The van der Waals surface area contributed by atoms with Gasteiger partial charge in [0, 0.05) is 24.2 Å². The summed E-state index contributed by atoms with van der Waals surface area (Å²) in [5.41, 5.74) is 5.68.